The summed E-state index contributed by atoms with van der Waals surface area (Å²) >= 11 is 7.21. The van der Waals surface area contributed by atoms with E-state index in [1.807, 2.05) is 18.2 Å². The second kappa shape index (κ2) is 8.80. The Bertz CT molecular complexity index is 805. The fourth-order valence-electron chi connectivity index (χ4n) is 2.27. The molecule has 2 aromatic rings. The predicted octanol–water partition coefficient (Wildman–Crippen LogP) is 3.06. The van der Waals surface area contributed by atoms with Crippen LogP contribution in [0.1, 0.15) is 19.4 Å². The van der Waals surface area contributed by atoms with Crippen LogP contribution >= 0.6 is 22.9 Å². The smallest absolute Gasteiger partial charge is 0.250 e. The first-order valence-corrected chi connectivity index (χ1v) is 10.6. The number of thiophene rings is 1. The van der Waals surface area contributed by atoms with Gasteiger partial charge in [-0.25, -0.2) is 8.42 Å². The van der Waals surface area contributed by atoms with Crippen molar-refractivity contribution < 1.29 is 13.2 Å². The van der Waals surface area contributed by atoms with Crippen molar-refractivity contribution in [3.8, 4) is 0 Å². The molecule has 2 rings (SSSR count). The number of carbonyl (C=O) groups is 1. The van der Waals surface area contributed by atoms with Crippen LogP contribution in [0.25, 0.3) is 0 Å². The molecule has 0 spiro atoms. The molecule has 1 aromatic carbocycles. The van der Waals surface area contributed by atoms with Gasteiger partial charge >= 0.3 is 0 Å². The van der Waals surface area contributed by atoms with E-state index in [1.165, 1.54) is 6.07 Å². The molecule has 0 aliphatic rings. The number of benzene rings is 1. The summed E-state index contributed by atoms with van der Waals surface area (Å²) in [6, 6.07) is 9.76. The molecule has 0 aliphatic carbocycles. The minimum atomic E-state index is -3.70. The first kappa shape index (κ1) is 19.9. The number of halogens is 1. The SMILES string of the molecule is CC(C)[C@@H](NS(=O)(=O)c1cccs1)C(=O)NCCc1ccccc1Cl. The van der Waals surface area contributed by atoms with Gasteiger partial charge in [0, 0.05) is 11.6 Å². The molecule has 0 bridgehead atoms. The molecule has 1 atom stereocenters. The maximum atomic E-state index is 12.4. The maximum absolute atomic E-state index is 12.4. The lowest BCUT2D eigenvalue weighted by atomic mass is 10.0. The molecule has 25 heavy (non-hydrogen) atoms. The highest BCUT2D eigenvalue weighted by Crippen LogP contribution is 2.18. The van der Waals surface area contributed by atoms with Gasteiger partial charge < -0.3 is 5.32 Å². The van der Waals surface area contributed by atoms with Crippen LogP contribution < -0.4 is 10.0 Å². The zero-order valence-electron chi connectivity index (χ0n) is 14.0. The van der Waals surface area contributed by atoms with Crippen molar-refractivity contribution in [1.82, 2.24) is 10.0 Å². The molecule has 1 amide bonds. The van der Waals surface area contributed by atoms with Crippen molar-refractivity contribution >= 4 is 38.9 Å². The quantitative estimate of drug-likeness (QED) is 0.715. The van der Waals surface area contributed by atoms with Crippen LogP contribution in [0.3, 0.4) is 0 Å². The second-order valence-corrected chi connectivity index (χ2v) is 9.20. The Hall–Kier alpha value is -1.41. The molecule has 0 fully saturated rings. The summed E-state index contributed by atoms with van der Waals surface area (Å²) in [5.74, 6) is -0.530. The lowest BCUT2D eigenvalue weighted by molar-refractivity contribution is -0.123. The Morgan fingerprint density at radius 2 is 1.92 bits per heavy atom. The first-order valence-electron chi connectivity index (χ1n) is 7.88. The molecule has 0 saturated carbocycles. The van der Waals surface area contributed by atoms with Gasteiger partial charge in [-0.3, -0.25) is 4.79 Å². The predicted molar refractivity (Wildman–Crippen MR) is 101 cm³/mol. The molecule has 0 aliphatic heterocycles. The summed E-state index contributed by atoms with van der Waals surface area (Å²) in [5, 5.41) is 5.12. The molecule has 0 saturated heterocycles. The lowest BCUT2D eigenvalue weighted by Crippen LogP contribution is -2.49. The average molecular weight is 401 g/mol. The van der Waals surface area contributed by atoms with E-state index >= 15 is 0 Å². The number of rotatable bonds is 8. The number of carbonyl (C=O) groups excluding carboxylic acids is 1. The third kappa shape index (κ3) is 5.54. The van der Waals surface area contributed by atoms with Crippen molar-refractivity contribution in [1.29, 1.82) is 0 Å². The third-order valence-electron chi connectivity index (χ3n) is 3.64. The third-order valence-corrected chi connectivity index (χ3v) is 6.85. The highest BCUT2D eigenvalue weighted by atomic mass is 35.5. The zero-order chi connectivity index (χ0) is 18.4. The minimum Gasteiger partial charge on any atom is -0.354 e. The van der Waals surface area contributed by atoms with Gasteiger partial charge in [-0.1, -0.05) is 49.7 Å². The van der Waals surface area contributed by atoms with Gasteiger partial charge in [-0.2, -0.15) is 4.72 Å². The van der Waals surface area contributed by atoms with Gasteiger partial charge in [-0.05, 0) is 35.4 Å². The normalized spacial score (nSPS) is 13.0. The van der Waals surface area contributed by atoms with Crippen LogP contribution in [-0.2, 0) is 21.2 Å². The van der Waals surface area contributed by atoms with E-state index < -0.39 is 16.1 Å². The summed E-state index contributed by atoms with van der Waals surface area (Å²) in [7, 11) is -3.70. The van der Waals surface area contributed by atoms with Crippen LogP contribution in [0, 0.1) is 5.92 Å². The number of amides is 1. The Balaban J connectivity index is 1.98. The number of hydrogen-bond donors (Lipinski definition) is 2. The monoisotopic (exact) mass is 400 g/mol. The Kier molecular flexibility index (Phi) is 7.01. The van der Waals surface area contributed by atoms with Gasteiger partial charge in [0.15, 0.2) is 0 Å². The highest BCUT2D eigenvalue weighted by molar-refractivity contribution is 7.91. The molecule has 8 heteroatoms. The van der Waals surface area contributed by atoms with E-state index in [-0.39, 0.29) is 16.0 Å². The first-order chi connectivity index (χ1) is 11.8. The second-order valence-electron chi connectivity index (χ2n) is 5.91. The fourth-order valence-corrected chi connectivity index (χ4v) is 4.85. The van der Waals surface area contributed by atoms with Crippen molar-refractivity contribution in [2.45, 2.75) is 30.5 Å². The summed E-state index contributed by atoms with van der Waals surface area (Å²) in [4.78, 5) is 12.4. The molecular weight excluding hydrogens is 380 g/mol. The van der Waals surface area contributed by atoms with Crippen LogP contribution in [0.4, 0.5) is 0 Å². The fraction of sp³-hybridized carbons (Fsp3) is 0.353. The average Bonchev–Trinajstić information content (AvgIpc) is 3.09. The van der Waals surface area contributed by atoms with Crippen LogP contribution in [-0.4, -0.2) is 26.9 Å². The lowest BCUT2D eigenvalue weighted by Gasteiger charge is -2.21. The van der Waals surface area contributed by atoms with E-state index in [0.717, 1.165) is 16.9 Å². The van der Waals surface area contributed by atoms with Gasteiger partial charge in [0.05, 0.1) is 0 Å². The van der Waals surface area contributed by atoms with E-state index in [1.54, 1.807) is 31.4 Å². The standard InChI is InChI=1S/C17H21ClN2O3S2/c1-12(2)16(20-25(22,23)15-8-5-11-24-15)17(21)19-10-9-13-6-3-4-7-14(13)18/h3-8,11-12,16,20H,9-10H2,1-2H3,(H,19,21)/t16-/m1/s1. The van der Waals surface area contributed by atoms with E-state index in [9.17, 15) is 13.2 Å². The molecule has 0 unspecified atom stereocenters. The van der Waals surface area contributed by atoms with Gasteiger partial charge in [0.25, 0.3) is 10.0 Å². The Morgan fingerprint density at radius 1 is 1.20 bits per heavy atom. The molecule has 1 heterocycles. The highest BCUT2D eigenvalue weighted by Gasteiger charge is 2.28. The van der Waals surface area contributed by atoms with Crippen molar-refractivity contribution in [3.05, 3.63) is 52.4 Å². The number of nitrogens with one attached hydrogen (secondary N) is 2. The molecule has 136 valence electrons. The van der Waals surface area contributed by atoms with E-state index in [2.05, 4.69) is 10.0 Å². The maximum Gasteiger partial charge on any atom is 0.250 e. The zero-order valence-corrected chi connectivity index (χ0v) is 16.4. The Morgan fingerprint density at radius 3 is 2.52 bits per heavy atom. The van der Waals surface area contributed by atoms with Crippen molar-refractivity contribution in [2.24, 2.45) is 5.92 Å². The summed E-state index contributed by atoms with van der Waals surface area (Å²) < 4.78 is 27.4. The Labute approximate surface area is 157 Å². The van der Waals surface area contributed by atoms with E-state index in [4.69, 9.17) is 11.6 Å². The van der Waals surface area contributed by atoms with Crippen molar-refractivity contribution in [3.63, 3.8) is 0 Å². The summed E-state index contributed by atoms with van der Waals surface area (Å²) in [5.41, 5.74) is 0.935. The molecular formula is C17H21ClN2O3S2. The molecule has 0 radical (unpaired) electrons. The number of hydrogen-bond acceptors (Lipinski definition) is 4. The minimum absolute atomic E-state index is 0.185. The van der Waals surface area contributed by atoms with Crippen LogP contribution in [0.5, 0.6) is 0 Å². The van der Waals surface area contributed by atoms with Gasteiger partial charge in [0.1, 0.15) is 10.3 Å². The number of sulfonamides is 1. The largest absolute Gasteiger partial charge is 0.354 e. The van der Waals surface area contributed by atoms with E-state index in [0.29, 0.717) is 18.0 Å². The molecule has 1 aromatic heterocycles. The molecule has 5 nitrogen and oxygen atoms in total. The van der Waals surface area contributed by atoms with Crippen molar-refractivity contribution in [2.75, 3.05) is 6.54 Å². The summed E-state index contributed by atoms with van der Waals surface area (Å²) in [6.45, 7) is 3.98. The van der Waals surface area contributed by atoms with Gasteiger partial charge in [0.2, 0.25) is 5.91 Å². The van der Waals surface area contributed by atoms with Crippen LogP contribution in [0.15, 0.2) is 46.0 Å². The topological polar surface area (TPSA) is 75.3 Å². The van der Waals surface area contributed by atoms with Gasteiger partial charge in [-0.15, -0.1) is 11.3 Å². The molecule has 2 N–H and O–H groups in total. The summed E-state index contributed by atoms with van der Waals surface area (Å²) in [6.07, 6.45) is 0.577. The van der Waals surface area contributed by atoms with Crippen LogP contribution in [0.2, 0.25) is 5.02 Å².